The second kappa shape index (κ2) is 7.32. The first-order valence-electron chi connectivity index (χ1n) is 9.07. The van der Waals surface area contributed by atoms with Crippen LogP contribution in [0.1, 0.15) is 38.2 Å². The van der Waals surface area contributed by atoms with E-state index in [-0.39, 0.29) is 0 Å². The SMILES string of the molecule is CC(C)N1CCC(c2ccc(Nc3ncc(Br)n4ncnc34)cc2)CC1. The number of aromatic nitrogens is 4. The summed E-state index contributed by atoms with van der Waals surface area (Å²) in [6, 6.07) is 9.37. The molecule has 0 aliphatic carbocycles. The summed E-state index contributed by atoms with van der Waals surface area (Å²) in [7, 11) is 0. The van der Waals surface area contributed by atoms with E-state index < -0.39 is 0 Å². The molecule has 3 aromatic rings. The van der Waals surface area contributed by atoms with Crippen molar-refractivity contribution in [1.82, 2.24) is 24.5 Å². The van der Waals surface area contributed by atoms with Crippen LogP contribution in [0.15, 0.2) is 41.4 Å². The minimum absolute atomic E-state index is 0.648. The van der Waals surface area contributed by atoms with Crippen LogP contribution in [-0.2, 0) is 0 Å². The number of halogens is 1. The smallest absolute Gasteiger partial charge is 0.199 e. The summed E-state index contributed by atoms with van der Waals surface area (Å²) in [4.78, 5) is 11.3. The van der Waals surface area contributed by atoms with Gasteiger partial charge < -0.3 is 10.2 Å². The molecule has 6 nitrogen and oxygen atoms in total. The van der Waals surface area contributed by atoms with Gasteiger partial charge in [-0.15, -0.1) is 0 Å². The van der Waals surface area contributed by atoms with Crippen LogP contribution < -0.4 is 5.32 Å². The summed E-state index contributed by atoms with van der Waals surface area (Å²) in [5.74, 6) is 1.36. The number of nitrogens with one attached hydrogen (secondary N) is 1. The lowest BCUT2D eigenvalue weighted by Gasteiger charge is -2.34. The van der Waals surface area contributed by atoms with E-state index in [1.54, 1.807) is 10.7 Å². The Morgan fingerprint density at radius 2 is 1.85 bits per heavy atom. The highest BCUT2D eigenvalue weighted by Crippen LogP contribution is 2.30. The van der Waals surface area contributed by atoms with Crippen molar-refractivity contribution in [2.24, 2.45) is 0 Å². The summed E-state index contributed by atoms with van der Waals surface area (Å²) in [5.41, 5.74) is 3.13. The van der Waals surface area contributed by atoms with Gasteiger partial charge in [-0.2, -0.15) is 5.10 Å². The van der Waals surface area contributed by atoms with E-state index in [0.717, 1.165) is 10.3 Å². The van der Waals surface area contributed by atoms with Gasteiger partial charge in [0.2, 0.25) is 0 Å². The number of piperidine rings is 1. The van der Waals surface area contributed by atoms with Crippen molar-refractivity contribution in [3.8, 4) is 0 Å². The van der Waals surface area contributed by atoms with Gasteiger partial charge in [0.25, 0.3) is 0 Å². The van der Waals surface area contributed by atoms with Crippen LogP contribution in [0.2, 0.25) is 0 Å². The average molecular weight is 415 g/mol. The Morgan fingerprint density at radius 1 is 1.12 bits per heavy atom. The molecule has 4 rings (SSSR count). The highest BCUT2D eigenvalue weighted by atomic mass is 79.9. The van der Waals surface area contributed by atoms with Gasteiger partial charge in [0.15, 0.2) is 11.5 Å². The van der Waals surface area contributed by atoms with Crippen molar-refractivity contribution < 1.29 is 0 Å². The van der Waals surface area contributed by atoms with Gasteiger partial charge in [0, 0.05) is 11.7 Å². The van der Waals surface area contributed by atoms with E-state index in [9.17, 15) is 0 Å². The summed E-state index contributed by atoms with van der Waals surface area (Å²) >= 11 is 3.43. The fourth-order valence-corrected chi connectivity index (χ4v) is 3.96. The zero-order chi connectivity index (χ0) is 18.1. The maximum atomic E-state index is 4.42. The number of fused-ring (bicyclic) bond motifs is 1. The highest BCUT2D eigenvalue weighted by Gasteiger charge is 2.21. The number of benzene rings is 1. The first kappa shape index (κ1) is 17.4. The molecule has 0 saturated carbocycles. The molecule has 26 heavy (non-hydrogen) atoms. The van der Waals surface area contributed by atoms with Crippen LogP contribution in [0.4, 0.5) is 11.5 Å². The minimum atomic E-state index is 0.648. The largest absolute Gasteiger partial charge is 0.337 e. The van der Waals surface area contributed by atoms with Crippen molar-refractivity contribution in [3.05, 3.63) is 47.0 Å². The molecule has 0 radical (unpaired) electrons. The molecule has 0 spiro atoms. The van der Waals surface area contributed by atoms with Gasteiger partial charge >= 0.3 is 0 Å². The zero-order valence-electron chi connectivity index (χ0n) is 15.1. The zero-order valence-corrected chi connectivity index (χ0v) is 16.6. The summed E-state index contributed by atoms with van der Waals surface area (Å²) in [6.07, 6.45) is 5.72. The maximum absolute atomic E-state index is 4.42. The standard InChI is InChI=1S/C19H23BrN6/c1-13(2)25-9-7-15(8-10-25)14-3-5-16(6-4-14)24-18-19-22-12-23-26(19)17(20)11-21-18/h3-6,11-13,15H,7-10H2,1-2H3,(H,21,24). The van der Waals surface area contributed by atoms with E-state index >= 15 is 0 Å². The molecule has 3 heterocycles. The summed E-state index contributed by atoms with van der Waals surface area (Å²) in [6.45, 7) is 6.94. The van der Waals surface area contributed by atoms with E-state index in [0.29, 0.717) is 23.4 Å². The molecule has 1 N–H and O–H groups in total. The van der Waals surface area contributed by atoms with Crippen molar-refractivity contribution in [1.29, 1.82) is 0 Å². The van der Waals surface area contributed by atoms with E-state index in [2.05, 4.69) is 79.3 Å². The van der Waals surface area contributed by atoms with Gasteiger partial charge in [-0.05, 0) is 79.3 Å². The molecule has 136 valence electrons. The Kier molecular flexibility index (Phi) is 4.91. The van der Waals surface area contributed by atoms with Crippen molar-refractivity contribution in [2.45, 2.75) is 38.6 Å². The third-order valence-electron chi connectivity index (χ3n) is 5.17. The molecule has 1 aliphatic heterocycles. The first-order chi connectivity index (χ1) is 12.6. The highest BCUT2D eigenvalue weighted by molar-refractivity contribution is 9.10. The number of likely N-dealkylation sites (tertiary alicyclic amines) is 1. The molecule has 1 aliphatic rings. The van der Waals surface area contributed by atoms with Crippen LogP contribution in [0.5, 0.6) is 0 Å². The fourth-order valence-electron chi connectivity index (χ4n) is 3.60. The average Bonchev–Trinajstić information content (AvgIpc) is 3.16. The Balaban J connectivity index is 1.46. The molecule has 0 amide bonds. The van der Waals surface area contributed by atoms with Crippen LogP contribution in [0.3, 0.4) is 0 Å². The molecule has 0 bridgehead atoms. The summed E-state index contributed by atoms with van der Waals surface area (Å²) < 4.78 is 2.49. The number of rotatable bonds is 4. The van der Waals surface area contributed by atoms with Gasteiger partial charge in [0.05, 0.1) is 6.20 Å². The van der Waals surface area contributed by atoms with E-state index in [1.165, 1.54) is 37.8 Å². The molecular weight excluding hydrogens is 392 g/mol. The third-order valence-corrected chi connectivity index (χ3v) is 5.71. The van der Waals surface area contributed by atoms with Crippen LogP contribution >= 0.6 is 15.9 Å². The topological polar surface area (TPSA) is 58.4 Å². The molecule has 2 aromatic heterocycles. The molecule has 7 heteroatoms. The minimum Gasteiger partial charge on any atom is -0.337 e. The third kappa shape index (κ3) is 3.46. The molecule has 0 unspecified atom stereocenters. The fraction of sp³-hybridized carbons (Fsp3) is 0.421. The first-order valence-corrected chi connectivity index (χ1v) is 9.86. The predicted molar refractivity (Wildman–Crippen MR) is 107 cm³/mol. The Labute approximate surface area is 161 Å². The van der Waals surface area contributed by atoms with Crippen LogP contribution in [-0.4, -0.2) is 43.6 Å². The molecule has 1 fully saturated rings. The lowest BCUT2D eigenvalue weighted by Crippen LogP contribution is -2.37. The van der Waals surface area contributed by atoms with Gasteiger partial charge in [-0.25, -0.2) is 14.5 Å². The second-order valence-electron chi connectivity index (χ2n) is 7.08. The normalized spacial score (nSPS) is 16.5. The second-order valence-corrected chi connectivity index (χ2v) is 7.89. The predicted octanol–water partition coefficient (Wildman–Crippen LogP) is 4.22. The van der Waals surface area contributed by atoms with Gasteiger partial charge in [-0.3, -0.25) is 0 Å². The maximum Gasteiger partial charge on any atom is 0.199 e. The lowest BCUT2D eigenvalue weighted by molar-refractivity contribution is 0.172. The monoisotopic (exact) mass is 414 g/mol. The van der Waals surface area contributed by atoms with Gasteiger partial charge in [-0.1, -0.05) is 12.1 Å². The number of nitrogens with zero attached hydrogens (tertiary/aromatic N) is 5. The molecule has 1 aromatic carbocycles. The molecule has 1 saturated heterocycles. The number of hydrogen-bond acceptors (Lipinski definition) is 5. The molecule has 0 atom stereocenters. The Hall–Kier alpha value is -1.99. The van der Waals surface area contributed by atoms with Crippen LogP contribution in [0.25, 0.3) is 5.65 Å². The molecular formula is C19H23BrN6. The van der Waals surface area contributed by atoms with E-state index in [1.807, 2.05) is 0 Å². The van der Waals surface area contributed by atoms with Crippen molar-refractivity contribution in [2.75, 3.05) is 18.4 Å². The van der Waals surface area contributed by atoms with E-state index in [4.69, 9.17) is 0 Å². The van der Waals surface area contributed by atoms with Gasteiger partial charge in [0.1, 0.15) is 10.9 Å². The quantitative estimate of drug-likeness (QED) is 0.692. The van der Waals surface area contributed by atoms with Crippen LogP contribution in [0, 0.1) is 0 Å². The lowest BCUT2D eigenvalue weighted by atomic mass is 9.89. The Bertz CT molecular complexity index is 881. The number of hydrogen-bond donors (Lipinski definition) is 1. The number of anilines is 2. The van der Waals surface area contributed by atoms with Crippen molar-refractivity contribution in [3.63, 3.8) is 0 Å². The van der Waals surface area contributed by atoms with Crippen molar-refractivity contribution >= 4 is 33.1 Å². The summed E-state index contributed by atoms with van der Waals surface area (Å²) in [5, 5.41) is 7.54. The Morgan fingerprint density at radius 3 is 2.54 bits per heavy atom.